The van der Waals surface area contributed by atoms with Crippen LogP contribution in [0.25, 0.3) is 0 Å². The molecule has 1 rings (SSSR count). The van der Waals surface area contributed by atoms with E-state index in [-0.39, 0.29) is 6.61 Å². The summed E-state index contributed by atoms with van der Waals surface area (Å²) in [5.41, 5.74) is -1.97. The van der Waals surface area contributed by atoms with Gasteiger partial charge in [0.25, 0.3) is 0 Å². The van der Waals surface area contributed by atoms with Gasteiger partial charge in [-0.05, 0) is 27.7 Å². The summed E-state index contributed by atoms with van der Waals surface area (Å²) in [5.74, 6) is -6.22. The predicted octanol–water partition coefficient (Wildman–Crippen LogP) is 2.65. The number of aromatic nitrogens is 1. The van der Waals surface area contributed by atoms with E-state index in [1.165, 1.54) is 0 Å². The van der Waals surface area contributed by atoms with Gasteiger partial charge in [-0.2, -0.15) is 0 Å². The number of carbonyl (C=O) groups excluding carboxylic acids is 3. The van der Waals surface area contributed by atoms with Gasteiger partial charge in [0, 0.05) is 11.8 Å². The fourth-order valence-corrected chi connectivity index (χ4v) is 2.09. The van der Waals surface area contributed by atoms with E-state index >= 15 is 0 Å². The molecule has 0 aromatic carbocycles. The SMILES string of the molecule is CCOC(=O)c1cnc(Cl)c(F)c1C(C(=O)OC)C(=O)OC(C)(C)C. The molecule has 0 radical (unpaired) electrons. The minimum atomic E-state index is -1.86. The molecule has 1 unspecified atom stereocenters. The van der Waals surface area contributed by atoms with Gasteiger partial charge >= 0.3 is 17.9 Å². The molecule has 0 fully saturated rings. The highest BCUT2D eigenvalue weighted by atomic mass is 35.5. The van der Waals surface area contributed by atoms with Crippen LogP contribution in [0.2, 0.25) is 5.15 Å². The molecule has 138 valence electrons. The van der Waals surface area contributed by atoms with Crippen LogP contribution in [-0.2, 0) is 23.8 Å². The van der Waals surface area contributed by atoms with Crippen molar-refractivity contribution in [1.29, 1.82) is 0 Å². The molecule has 0 spiro atoms. The fourth-order valence-electron chi connectivity index (χ4n) is 1.94. The van der Waals surface area contributed by atoms with Gasteiger partial charge in [-0.15, -0.1) is 0 Å². The Labute approximate surface area is 149 Å². The third-order valence-electron chi connectivity index (χ3n) is 2.88. The van der Waals surface area contributed by atoms with Crippen molar-refractivity contribution in [2.45, 2.75) is 39.2 Å². The Morgan fingerprint density at radius 1 is 1.28 bits per heavy atom. The monoisotopic (exact) mass is 375 g/mol. The zero-order chi connectivity index (χ0) is 19.4. The van der Waals surface area contributed by atoms with Crippen LogP contribution in [0.4, 0.5) is 4.39 Å². The zero-order valence-electron chi connectivity index (χ0n) is 14.5. The second kappa shape index (κ2) is 8.24. The van der Waals surface area contributed by atoms with Gasteiger partial charge in [-0.25, -0.2) is 14.2 Å². The van der Waals surface area contributed by atoms with Crippen molar-refractivity contribution in [1.82, 2.24) is 4.98 Å². The second-order valence-electron chi connectivity index (χ2n) is 5.90. The summed E-state index contributed by atoms with van der Waals surface area (Å²) in [6.07, 6.45) is 0.930. The predicted molar refractivity (Wildman–Crippen MR) is 85.8 cm³/mol. The molecule has 0 saturated heterocycles. The number of esters is 3. The van der Waals surface area contributed by atoms with E-state index in [9.17, 15) is 18.8 Å². The maximum atomic E-state index is 14.6. The second-order valence-corrected chi connectivity index (χ2v) is 6.26. The first-order valence-corrected chi connectivity index (χ1v) is 7.73. The molecule has 0 saturated carbocycles. The maximum Gasteiger partial charge on any atom is 0.340 e. The van der Waals surface area contributed by atoms with Crippen molar-refractivity contribution in [3.63, 3.8) is 0 Å². The van der Waals surface area contributed by atoms with E-state index in [1.54, 1.807) is 27.7 Å². The molecular weight excluding hydrogens is 357 g/mol. The minimum absolute atomic E-state index is 0.00214. The molecule has 25 heavy (non-hydrogen) atoms. The highest BCUT2D eigenvalue weighted by Gasteiger charge is 2.40. The van der Waals surface area contributed by atoms with Crippen LogP contribution in [0.5, 0.6) is 0 Å². The van der Waals surface area contributed by atoms with Gasteiger partial charge in [0.2, 0.25) is 0 Å². The van der Waals surface area contributed by atoms with E-state index in [2.05, 4.69) is 9.72 Å². The zero-order valence-corrected chi connectivity index (χ0v) is 15.3. The van der Waals surface area contributed by atoms with E-state index in [0.717, 1.165) is 13.3 Å². The van der Waals surface area contributed by atoms with Gasteiger partial charge in [0.1, 0.15) is 5.60 Å². The Bertz CT molecular complexity index is 686. The third kappa shape index (κ3) is 5.12. The molecule has 1 heterocycles. The van der Waals surface area contributed by atoms with E-state index in [1.807, 2.05) is 0 Å². The van der Waals surface area contributed by atoms with Gasteiger partial charge < -0.3 is 14.2 Å². The summed E-state index contributed by atoms with van der Waals surface area (Å²) in [6.45, 7) is 6.25. The van der Waals surface area contributed by atoms with Crippen molar-refractivity contribution < 1.29 is 33.0 Å². The molecule has 1 aromatic rings. The Morgan fingerprint density at radius 2 is 1.88 bits per heavy atom. The summed E-state index contributed by atoms with van der Waals surface area (Å²) in [4.78, 5) is 40.2. The van der Waals surface area contributed by atoms with E-state index in [0.29, 0.717) is 0 Å². The molecule has 0 aliphatic carbocycles. The van der Waals surface area contributed by atoms with Crippen molar-refractivity contribution in [3.8, 4) is 0 Å². The fraction of sp³-hybridized carbons (Fsp3) is 0.500. The third-order valence-corrected chi connectivity index (χ3v) is 3.14. The smallest absolute Gasteiger partial charge is 0.340 e. The normalized spacial score (nSPS) is 12.3. The average molecular weight is 376 g/mol. The molecule has 0 aliphatic heterocycles. The lowest BCUT2D eigenvalue weighted by molar-refractivity contribution is -0.163. The van der Waals surface area contributed by atoms with Crippen LogP contribution in [0.1, 0.15) is 49.5 Å². The Morgan fingerprint density at radius 3 is 2.36 bits per heavy atom. The van der Waals surface area contributed by atoms with Crippen molar-refractivity contribution in [2.24, 2.45) is 0 Å². The van der Waals surface area contributed by atoms with Crippen LogP contribution >= 0.6 is 11.6 Å². The van der Waals surface area contributed by atoms with Crippen molar-refractivity contribution >= 4 is 29.5 Å². The highest BCUT2D eigenvalue weighted by molar-refractivity contribution is 6.29. The first-order chi connectivity index (χ1) is 11.5. The molecule has 7 nitrogen and oxygen atoms in total. The number of hydrogen-bond donors (Lipinski definition) is 0. The van der Waals surface area contributed by atoms with Crippen LogP contribution < -0.4 is 0 Å². The largest absolute Gasteiger partial charge is 0.468 e. The topological polar surface area (TPSA) is 91.8 Å². The first kappa shape index (κ1) is 20.8. The molecule has 9 heteroatoms. The quantitative estimate of drug-likeness (QED) is 0.338. The van der Waals surface area contributed by atoms with Crippen LogP contribution in [0, 0.1) is 5.82 Å². The number of rotatable bonds is 5. The molecule has 0 N–H and O–H groups in total. The number of carbonyl (C=O) groups is 3. The molecule has 0 aliphatic rings. The molecule has 1 atom stereocenters. The highest BCUT2D eigenvalue weighted by Crippen LogP contribution is 2.30. The number of ether oxygens (including phenoxy) is 3. The summed E-state index contributed by atoms with van der Waals surface area (Å²) in [6, 6.07) is 0. The summed E-state index contributed by atoms with van der Waals surface area (Å²) >= 11 is 5.65. The van der Waals surface area contributed by atoms with Crippen LogP contribution in [0.3, 0.4) is 0 Å². The first-order valence-electron chi connectivity index (χ1n) is 7.35. The number of halogens is 2. The van der Waals surface area contributed by atoms with Crippen molar-refractivity contribution in [2.75, 3.05) is 13.7 Å². The lowest BCUT2D eigenvalue weighted by atomic mass is 9.94. The van der Waals surface area contributed by atoms with Crippen LogP contribution in [-0.4, -0.2) is 42.2 Å². The number of nitrogens with zero attached hydrogens (tertiary/aromatic N) is 1. The number of pyridine rings is 1. The molecule has 0 amide bonds. The number of hydrogen-bond acceptors (Lipinski definition) is 7. The Kier molecular flexibility index (Phi) is 6.87. The van der Waals surface area contributed by atoms with Gasteiger partial charge in [0.15, 0.2) is 16.9 Å². The average Bonchev–Trinajstić information content (AvgIpc) is 2.50. The summed E-state index contributed by atoms with van der Waals surface area (Å²) in [7, 11) is 1.02. The lowest BCUT2D eigenvalue weighted by Gasteiger charge is -2.24. The standard InChI is InChI=1S/C16H19ClFNO6/c1-6-24-13(20)8-7-19-12(17)11(18)9(8)10(14(21)23-5)15(22)25-16(2,3)4/h7,10H,6H2,1-5H3. The lowest BCUT2D eigenvalue weighted by Crippen LogP contribution is -2.33. The van der Waals surface area contributed by atoms with Crippen molar-refractivity contribution in [3.05, 3.63) is 28.3 Å². The van der Waals surface area contributed by atoms with Gasteiger partial charge in [-0.1, -0.05) is 11.6 Å². The number of methoxy groups -OCH3 is 1. The maximum absolute atomic E-state index is 14.6. The Hall–Kier alpha value is -2.22. The minimum Gasteiger partial charge on any atom is -0.468 e. The van der Waals surface area contributed by atoms with Gasteiger partial charge in [0.05, 0.1) is 19.3 Å². The van der Waals surface area contributed by atoms with E-state index < -0.39 is 51.5 Å². The molecule has 1 aromatic heterocycles. The Balaban J connectivity index is 3.57. The molecular formula is C16H19ClFNO6. The van der Waals surface area contributed by atoms with E-state index in [4.69, 9.17) is 21.1 Å². The van der Waals surface area contributed by atoms with Gasteiger partial charge in [-0.3, -0.25) is 9.59 Å². The summed E-state index contributed by atoms with van der Waals surface area (Å²) < 4.78 is 29.1. The molecule has 0 bridgehead atoms. The summed E-state index contributed by atoms with van der Waals surface area (Å²) in [5, 5.41) is -0.611. The van der Waals surface area contributed by atoms with Crippen LogP contribution in [0.15, 0.2) is 6.20 Å².